The number of halogens is 1. The van der Waals surface area contributed by atoms with E-state index in [1.807, 2.05) is 7.05 Å². The molecule has 0 aliphatic carbocycles. The summed E-state index contributed by atoms with van der Waals surface area (Å²) in [6, 6.07) is 2.74. The number of nitrogen functional groups attached to an aromatic ring is 1. The van der Waals surface area contributed by atoms with Gasteiger partial charge in [0.1, 0.15) is 5.82 Å². The molecule has 1 aromatic carbocycles. The summed E-state index contributed by atoms with van der Waals surface area (Å²) in [6.45, 7) is 5.65. The van der Waals surface area contributed by atoms with Gasteiger partial charge >= 0.3 is 5.97 Å². The van der Waals surface area contributed by atoms with Crippen LogP contribution in [0.1, 0.15) is 30.6 Å². The fourth-order valence-electron chi connectivity index (χ4n) is 1.81. The lowest BCUT2D eigenvalue weighted by Gasteiger charge is -2.23. The van der Waals surface area contributed by atoms with E-state index < -0.39 is 17.3 Å². The lowest BCUT2D eigenvalue weighted by atomic mass is 10.1. The van der Waals surface area contributed by atoms with Crippen LogP contribution in [0.2, 0.25) is 0 Å². The molecule has 0 aliphatic heterocycles. The van der Waals surface area contributed by atoms with Crippen LogP contribution in [-0.2, 0) is 0 Å². The average Bonchev–Trinajstić information content (AvgIpc) is 2.40. The maximum atomic E-state index is 13.6. The monoisotopic (exact) mass is 283 g/mol. The van der Waals surface area contributed by atoms with Crippen molar-refractivity contribution in [3.05, 3.63) is 23.5 Å². The molecule has 0 aromatic heterocycles. The number of rotatable bonds is 7. The van der Waals surface area contributed by atoms with Gasteiger partial charge in [-0.25, -0.2) is 9.18 Å². The highest BCUT2D eigenvalue weighted by Crippen LogP contribution is 2.22. The average molecular weight is 283 g/mol. The zero-order valence-electron chi connectivity index (χ0n) is 12.1. The van der Waals surface area contributed by atoms with E-state index in [0.717, 1.165) is 25.1 Å². The van der Waals surface area contributed by atoms with E-state index in [0.29, 0.717) is 18.3 Å². The molecule has 1 atom stereocenters. The minimum atomic E-state index is -1.32. The Labute approximate surface area is 118 Å². The summed E-state index contributed by atoms with van der Waals surface area (Å²) in [5, 5.41) is 11.8. The van der Waals surface area contributed by atoms with Crippen molar-refractivity contribution in [3.63, 3.8) is 0 Å². The van der Waals surface area contributed by atoms with Crippen LogP contribution < -0.4 is 11.1 Å². The maximum absolute atomic E-state index is 13.6. The predicted octanol–water partition coefficient (Wildman–Crippen LogP) is 2.25. The molecule has 112 valence electrons. The van der Waals surface area contributed by atoms with Gasteiger partial charge in [-0.15, -0.1) is 0 Å². The van der Waals surface area contributed by atoms with Gasteiger partial charge in [-0.05, 0) is 32.5 Å². The van der Waals surface area contributed by atoms with Crippen molar-refractivity contribution in [2.75, 3.05) is 31.2 Å². The number of carboxylic acid groups (broad SMARTS) is 1. The number of nitrogens with one attached hydrogen (secondary N) is 1. The Hall–Kier alpha value is -1.82. The third-order valence-corrected chi connectivity index (χ3v) is 3.49. The van der Waals surface area contributed by atoms with Gasteiger partial charge in [-0.2, -0.15) is 0 Å². The van der Waals surface area contributed by atoms with E-state index in [4.69, 9.17) is 10.8 Å². The van der Waals surface area contributed by atoms with E-state index in [1.165, 1.54) is 0 Å². The van der Waals surface area contributed by atoms with Crippen molar-refractivity contribution in [1.82, 2.24) is 4.90 Å². The minimum Gasteiger partial charge on any atom is -0.478 e. The second-order valence-corrected chi connectivity index (χ2v) is 4.89. The van der Waals surface area contributed by atoms with Gasteiger partial charge in [0.25, 0.3) is 0 Å². The third-order valence-electron chi connectivity index (χ3n) is 3.49. The van der Waals surface area contributed by atoms with Gasteiger partial charge in [0, 0.05) is 19.1 Å². The molecule has 0 fully saturated rings. The van der Waals surface area contributed by atoms with E-state index in [2.05, 4.69) is 24.1 Å². The van der Waals surface area contributed by atoms with Gasteiger partial charge < -0.3 is 21.1 Å². The zero-order chi connectivity index (χ0) is 15.3. The summed E-state index contributed by atoms with van der Waals surface area (Å²) in [5.74, 6) is -2.11. The van der Waals surface area contributed by atoms with Crippen LogP contribution >= 0.6 is 0 Å². The predicted molar refractivity (Wildman–Crippen MR) is 78.6 cm³/mol. The number of nitrogens with two attached hydrogens (primary N) is 1. The Bertz CT molecular complexity index is 480. The fourth-order valence-corrected chi connectivity index (χ4v) is 1.81. The van der Waals surface area contributed by atoms with Gasteiger partial charge in [0.05, 0.1) is 16.9 Å². The number of aromatic carboxylic acids is 1. The molecule has 1 aromatic rings. The highest BCUT2D eigenvalue weighted by atomic mass is 19.1. The molecule has 0 spiro atoms. The molecule has 0 aliphatic rings. The van der Waals surface area contributed by atoms with E-state index in [1.54, 1.807) is 0 Å². The quantitative estimate of drug-likeness (QED) is 0.669. The van der Waals surface area contributed by atoms with Gasteiger partial charge in [0.15, 0.2) is 0 Å². The lowest BCUT2D eigenvalue weighted by Crippen LogP contribution is -2.32. The van der Waals surface area contributed by atoms with Crippen LogP contribution in [0.3, 0.4) is 0 Å². The normalized spacial score (nSPS) is 12.4. The van der Waals surface area contributed by atoms with Crippen molar-refractivity contribution in [2.45, 2.75) is 26.3 Å². The first-order valence-electron chi connectivity index (χ1n) is 6.63. The smallest absolute Gasteiger partial charge is 0.338 e. The Kier molecular flexibility index (Phi) is 5.76. The van der Waals surface area contributed by atoms with Crippen molar-refractivity contribution in [3.8, 4) is 0 Å². The van der Waals surface area contributed by atoms with E-state index in [9.17, 15) is 9.18 Å². The van der Waals surface area contributed by atoms with Gasteiger partial charge in [-0.1, -0.05) is 6.92 Å². The van der Waals surface area contributed by atoms with Gasteiger partial charge in [0.2, 0.25) is 0 Å². The van der Waals surface area contributed by atoms with Crippen LogP contribution in [-0.4, -0.2) is 42.2 Å². The lowest BCUT2D eigenvalue weighted by molar-refractivity contribution is 0.0692. The maximum Gasteiger partial charge on any atom is 0.338 e. The van der Waals surface area contributed by atoms with Crippen LogP contribution in [0.5, 0.6) is 0 Å². The SMILES string of the molecule is CCC(C)N(C)CCNc1cc(F)c(C(=O)O)cc1N. The minimum absolute atomic E-state index is 0.231. The first-order valence-corrected chi connectivity index (χ1v) is 6.63. The third kappa shape index (κ3) is 4.09. The summed E-state index contributed by atoms with van der Waals surface area (Å²) in [6.07, 6.45) is 1.06. The Balaban J connectivity index is 2.65. The summed E-state index contributed by atoms with van der Waals surface area (Å²) >= 11 is 0. The molecule has 0 radical (unpaired) electrons. The van der Waals surface area contributed by atoms with Crippen LogP contribution in [0.4, 0.5) is 15.8 Å². The molecular formula is C14H22FN3O2. The van der Waals surface area contributed by atoms with Gasteiger partial charge in [-0.3, -0.25) is 0 Å². The molecule has 1 rings (SSSR count). The van der Waals surface area contributed by atoms with Crippen LogP contribution in [0, 0.1) is 5.82 Å². The number of nitrogens with zero attached hydrogens (tertiary/aromatic N) is 1. The number of carbonyl (C=O) groups is 1. The molecule has 0 amide bonds. The summed E-state index contributed by atoms with van der Waals surface area (Å²) in [5.41, 5.74) is 5.97. The molecule has 0 saturated carbocycles. The second-order valence-electron chi connectivity index (χ2n) is 4.89. The molecule has 0 heterocycles. The molecule has 6 heteroatoms. The van der Waals surface area contributed by atoms with Crippen molar-refractivity contribution in [2.24, 2.45) is 0 Å². The fraction of sp³-hybridized carbons (Fsp3) is 0.500. The first kappa shape index (κ1) is 16.2. The number of benzene rings is 1. The van der Waals surface area contributed by atoms with E-state index in [-0.39, 0.29) is 5.69 Å². The Morgan fingerprint density at radius 2 is 2.20 bits per heavy atom. The summed E-state index contributed by atoms with van der Waals surface area (Å²) in [7, 11) is 2.02. The highest BCUT2D eigenvalue weighted by molar-refractivity contribution is 5.90. The Morgan fingerprint density at radius 1 is 1.55 bits per heavy atom. The topological polar surface area (TPSA) is 78.6 Å². The molecule has 0 saturated heterocycles. The molecule has 1 unspecified atom stereocenters. The highest BCUT2D eigenvalue weighted by Gasteiger charge is 2.13. The van der Waals surface area contributed by atoms with Crippen molar-refractivity contribution in [1.29, 1.82) is 0 Å². The van der Waals surface area contributed by atoms with Crippen molar-refractivity contribution >= 4 is 17.3 Å². The number of anilines is 2. The molecule has 20 heavy (non-hydrogen) atoms. The molecular weight excluding hydrogens is 261 g/mol. The number of hydrogen-bond donors (Lipinski definition) is 3. The standard InChI is InChI=1S/C14H22FN3O2/c1-4-9(2)18(3)6-5-17-13-8-11(15)10(14(19)20)7-12(13)16/h7-9,17H,4-6,16H2,1-3H3,(H,19,20). The number of hydrogen-bond acceptors (Lipinski definition) is 4. The van der Waals surface area contributed by atoms with E-state index >= 15 is 0 Å². The van der Waals surface area contributed by atoms with Crippen LogP contribution in [0.15, 0.2) is 12.1 Å². The number of carboxylic acids is 1. The summed E-state index contributed by atoms with van der Waals surface area (Å²) in [4.78, 5) is 13.0. The summed E-state index contributed by atoms with van der Waals surface area (Å²) < 4.78 is 13.6. The number of likely N-dealkylation sites (N-methyl/N-ethyl adjacent to an activating group) is 1. The largest absolute Gasteiger partial charge is 0.478 e. The van der Waals surface area contributed by atoms with Crippen molar-refractivity contribution < 1.29 is 14.3 Å². The molecule has 4 N–H and O–H groups in total. The Morgan fingerprint density at radius 3 is 2.75 bits per heavy atom. The second kappa shape index (κ2) is 7.09. The molecule has 5 nitrogen and oxygen atoms in total. The van der Waals surface area contributed by atoms with Crippen LogP contribution in [0.25, 0.3) is 0 Å². The molecule has 0 bridgehead atoms. The first-order chi connectivity index (χ1) is 9.36. The zero-order valence-corrected chi connectivity index (χ0v) is 12.1.